The van der Waals surface area contributed by atoms with Gasteiger partial charge in [-0.05, 0) is 30.9 Å². The van der Waals surface area contributed by atoms with Crippen LogP contribution in [0.5, 0.6) is 5.75 Å². The lowest BCUT2D eigenvalue weighted by Gasteiger charge is -2.23. The molecule has 0 fully saturated rings. The van der Waals surface area contributed by atoms with Gasteiger partial charge in [0.15, 0.2) is 0 Å². The van der Waals surface area contributed by atoms with Crippen molar-refractivity contribution in [3.8, 4) is 5.75 Å². The Morgan fingerprint density at radius 2 is 1.90 bits per heavy atom. The van der Waals surface area contributed by atoms with Crippen LogP contribution in [0.4, 0.5) is 0 Å². The summed E-state index contributed by atoms with van der Waals surface area (Å²) in [7, 11) is 1.84. The van der Waals surface area contributed by atoms with Gasteiger partial charge in [0.1, 0.15) is 17.5 Å². The largest absolute Gasteiger partial charge is 0.488 e. The highest BCUT2D eigenvalue weighted by molar-refractivity contribution is 6.30. The van der Waals surface area contributed by atoms with Crippen LogP contribution in [-0.2, 0) is 19.1 Å². The number of ether oxygens (including phenoxy) is 1. The molecular formula is C17H23ClN2O. The van der Waals surface area contributed by atoms with E-state index in [4.69, 9.17) is 16.3 Å². The molecule has 0 atom stereocenters. The van der Waals surface area contributed by atoms with Gasteiger partial charge in [0, 0.05) is 12.6 Å². The van der Waals surface area contributed by atoms with Gasteiger partial charge in [-0.1, -0.05) is 50.1 Å². The average molecular weight is 307 g/mol. The molecule has 0 aliphatic heterocycles. The summed E-state index contributed by atoms with van der Waals surface area (Å²) in [6.07, 6.45) is 0. The lowest BCUT2D eigenvalue weighted by atomic mass is 9.85. The van der Waals surface area contributed by atoms with E-state index >= 15 is 0 Å². The quantitative estimate of drug-likeness (QED) is 0.830. The van der Waals surface area contributed by atoms with E-state index in [9.17, 15) is 0 Å². The first-order chi connectivity index (χ1) is 9.70. The number of hydrogen-bond acceptors (Lipinski definition) is 2. The van der Waals surface area contributed by atoms with Crippen molar-refractivity contribution in [1.29, 1.82) is 0 Å². The van der Waals surface area contributed by atoms with Crippen LogP contribution in [0.1, 0.15) is 43.2 Å². The molecule has 2 aromatic rings. The summed E-state index contributed by atoms with van der Waals surface area (Å²) in [5.41, 5.74) is 4.34. The van der Waals surface area contributed by atoms with E-state index in [1.807, 2.05) is 20.0 Å². The number of hydrogen-bond donors (Lipinski definition) is 0. The van der Waals surface area contributed by atoms with Crippen LogP contribution in [-0.4, -0.2) is 9.78 Å². The number of rotatable bonds is 3. The summed E-state index contributed by atoms with van der Waals surface area (Å²) < 4.78 is 7.72. The van der Waals surface area contributed by atoms with Gasteiger partial charge >= 0.3 is 0 Å². The molecule has 3 nitrogen and oxygen atoms in total. The fourth-order valence-electron chi connectivity index (χ4n) is 2.34. The third-order valence-electron chi connectivity index (χ3n) is 3.58. The van der Waals surface area contributed by atoms with Crippen molar-refractivity contribution in [2.75, 3.05) is 0 Å². The summed E-state index contributed by atoms with van der Waals surface area (Å²) in [4.78, 5) is 0. The molecule has 0 bridgehead atoms. The molecule has 1 heterocycles. The predicted octanol–water partition coefficient (Wildman–Crippen LogP) is 4.57. The molecule has 21 heavy (non-hydrogen) atoms. The Hall–Kier alpha value is -1.48. The standard InChI is InChI=1S/C17H23ClN2O/c1-11-7-8-15(14(9-11)17(3,4)5)21-10-13-12(2)19-20(6)16(13)18/h7-9H,10H2,1-6H3. The second-order valence-electron chi connectivity index (χ2n) is 6.52. The van der Waals surface area contributed by atoms with Gasteiger partial charge in [-0.15, -0.1) is 0 Å². The summed E-state index contributed by atoms with van der Waals surface area (Å²) >= 11 is 6.26. The van der Waals surface area contributed by atoms with Crippen LogP contribution in [0.2, 0.25) is 5.15 Å². The Morgan fingerprint density at radius 3 is 2.43 bits per heavy atom. The van der Waals surface area contributed by atoms with Crippen molar-refractivity contribution in [1.82, 2.24) is 9.78 Å². The van der Waals surface area contributed by atoms with Crippen LogP contribution < -0.4 is 4.74 Å². The molecule has 0 aliphatic carbocycles. The van der Waals surface area contributed by atoms with E-state index < -0.39 is 0 Å². The molecular weight excluding hydrogens is 284 g/mol. The monoisotopic (exact) mass is 306 g/mol. The summed E-state index contributed by atoms with van der Waals surface area (Å²) in [5, 5.41) is 4.95. The molecule has 1 aromatic carbocycles. The lowest BCUT2D eigenvalue weighted by Crippen LogP contribution is -2.14. The zero-order chi connectivity index (χ0) is 15.8. The van der Waals surface area contributed by atoms with Gasteiger partial charge in [-0.25, -0.2) is 0 Å². The predicted molar refractivity (Wildman–Crippen MR) is 87.2 cm³/mol. The number of aryl methyl sites for hydroxylation is 3. The smallest absolute Gasteiger partial charge is 0.133 e. The van der Waals surface area contributed by atoms with Gasteiger partial charge < -0.3 is 4.74 Å². The Morgan fingerprint density at radius 1 is 1.24 bits per heavy atom. The van der Waals surface area contributed by atoms with Crippen LogP contribution in [0.25, 0.3) is 0 Å². The van der Waals surface area contributed by atoms with E-state index in [2.05, 4.69) is 44.9 Å². The molecule has 114 valence electrons. The van der Waals surface area contributed by atoms with Crippen molar-refractivity contribution in [3.05, 3.63) is 45.7 Å². The second-order valence-corrected chi connectivity index (χ2v) is 6.87. The molecule has 0 amide bonds. The number of aromatic nitrogens is 2. The number of benzene rings is 1. The average Bonchev–Trinajstić information content (AvgIpc) is 2.61. The Kier molecular flexibility index (Phi) is 4.33. The SMILES string of the molecule is Cc1ccc(OCc2c(C)nn(C)c2Cl)c(C(C)(C)C)c1. The van der Waals surface area contributed by atoms with E-state index in [1.165, 1.54) is 11.1 Å². The molecule has 0 saturated heterocycles. The molecule has 0 aliphatic rings. The maximum Gasteiger partial charge on any atom is 0.133 e. The number of halogens is 1. The van der Waals surface area contributed by atoms with Gasteiger partial charge in [0.25, 0.3) is 0 Å². The van der Waals surface area contributed by atoms with Crippen LogP contribution in [0, 0.1) is 13.8 Å². The minimum atomic E-state index is 0.0368. The highest BCUT2D eigenvalue weighted by Crippen LogP contribution is 2.33. The summed E-state index contributed by atoms with van der Waals surface area (Å²) in [5.74, 6) is 0.910. The van der Waals surface area contributed by atoms with E-state index in [1.54, 1.807) is 4.68 Å². The Labute approximate surface area is 131 Å². The van der Waals surface area contributed by atoms with Crippen molar-refractivity contribution < 1.29 is 4.74 Å². The fraction of sp³-hybridized carbons (Fsp3) is 0.471. The van der Waals surface area contributed by atoms with Crippen molar-refractivity contribution in [2.24, 2.45) is 7.05 Å². The summed E-state index contributed by atoms with van der Waals surface area (Å²) in [6.45, 7) is 11.1. The third-order valence-corrected chi connectivity index (χ3v) is 4.06. The second kappa shape index (κ2) is 5.72. The van der Waals surface area contributed by atoms with Crippen molar-refractivity contribution >= 4 is 11.6 Å². The molecule has 1 aromatic heterocycles. The number of nitrogens with zero attached hydrogens (tertiary/aromatic N) is 2. The topological polar surface area (TPSA) is 27.1 Å². The van der Waals surface area contributed by atoms with Gasteiger partial charge in [0.2, 0.25) is 0 Å². The zero-order valence-corrected chi connectivity index (χ0v) is 14.4. The fourth-order valence-corrected chi connectivity index (χ4v) is 2.57. The molecule has 0 saturated carbocycles. The van der Waals surface area contributed by atoms with E-state index in [-0.39, 0.29) is 5.41 Å². The van der Waals surface area contributed by atoms with E-state index in [0.29, 0.717) is 11.8 Å². The normalized spacial score (nSPS) is 11.8. The summed E-state index contributed by atoms with van der Waals surface area (Å²) in [6, 6.07) is 6.30. The first-order valence-electron chi connectivity index (χ1n) is 7.12. The van der Waals surface area contributed by atoms with Gasteiger partial charge in [-0.2, -0.15) is 5.10 Å². The first-order valence-corrected chi connectivity index (χ1v) is 7.50. The Balaban J connectivity index is 2.28. The minimum Gasteiger partial charge on any atom is -0.488 e. The zero-order valence-electron chi connectivity index (χ0n) is 13.6. The minimum absolute atomic E-state index is 0.0368. The van der Waals surface area contributed by atoms with Crippen LogP contribution >= 0.6 is 11.6 Å². The maximum absolute atomic E-state index is 6.26. The first kappa shape index (κ1) is 15.9. The highest BCUT2D eigenvalue weighted by Gasteiger charge is 2.20. The molecule has 0 unspecified atom stereocenters. The third kappa shape index (κ3) is 3.41. The molecule has 4 heteroatoms. The van der Waals surface area contributed by atoms with Gasteiger partial charge in [0.05, 0.1) is 5.69 Å². The molecule has 2 rings (SSSR count). The maximum atomic E-state index is 6.26. The van der Waals surface area contributed by atoms with E-state index in [0.717, 1.165) is 17.0 Å². The Bertz CT molecular complexity index is 654. The van der Waals surface area contributed by atoms with Crippen molar-refractivity contribution in [2.45, 2.75) is 46.6 Å². The van der Waals surface area contributed by atoms with Gasteiger partial charge in [-0.3, -0.25) is 4.68 Å². The molecule has 0 radical (unpaired) electrons. The van der Waals surface area contributed by atoms with Crippen LogP contribution in [0.15, 0.2) is 18.2 Å². The van der Waals surface area contributed by atoms with Crippen LogP contribution in [0.3, 0.4) is 0 Å². The lowest BCUT2D eigenvalue weighted by molar-refractivity contribution is 0.297. The molecule has 0 N–H and O–H groups in total. The molecule has 0 spiro atoms. The van der Waals surface area contributed by atoms with Crippen molar-refractivity contribution in [3.63, 3.8) is 0 Å². The highest BCUT2D eigenvalue weighted by atomic mass is 35.5.